The van der Waals surface area contributed by atoms with Gasteiger partial charge in [-0.1, -0.05) is 0 Å². The van der Waals surface area contributed by atoms with Crippen LogP contribution in [0.15, 0.2) is 18.3 Å². The van der Waals surface area contributed by atoms with Crippen molar-refractivity contribution < 1.29 is 4.74 Å². The molecule has 1 aliphatic rings. The summed E-state index contributed by atoms with van der Waals surface area (Å²) in [6.45, 7) is 5.74. The maximum atomic E-state index is 5.34. The normalized spacial score (nSPS) is 19.7. The highest BCUT2D eigenvalue weighted by Crippen LogP contribution is 2.16. The topological polar surface area (TPSA) is 46.2 Å². The number of hydrogen-bond donors (Lipinski definition) is 2. The van der Waals surface area contributed by atoms with Gasteiger partial charge in [-0.15, -0.1) is 0 Å². The lowest BCUT2D eigenvalue weighted by molar-refractivity contribution is 0.187. The minimum absolute atomic E-state index is 0.649. The summed E-state index contributed by atoms with van der Waals surface area (Å²) in [4.78, 5) is 4.23. The second-order valence-electron chi connectivity index (χ2n) is 4.07. The van der Waals surface area contributed by atoms with E-state index >= 15 is 0 Å². The molecule has 0 aliphatic carbocycles. The van der Waals surface area contributed by atoms with Crippen molar-refractivity contribution >= 4 is 11.5 Å². The van der Waals surface area contributed by atoms with Gasteiger partial charge in [0.2, 0.25) is 0 Å². The lowest BCUT2D eigenvalue weighted by atomic mass is 10.1. The van der Waals surface area contributed by atoms with Crippen molar-refractivity contribution in [3.63, 3.8) is 0 Å². The third kappa shape index (κ3) is 3.10. The molecule has 1 aromatic heterocycles. The van der Waals surface area contributed by atoms with Gasteiger partial charge in [-0.05, 0) is 19.4 Å². The molecule has 0 amide bonds. The fourth-order valence-electron chi connectivity index (χ4n) is 1.82. The molecule has 1 saturated heterocycles. The van der Waals surface area contributed by atoms with E-state index < -0.39 is 0 Å². The fraction of sp³-hybridized carbons (Fsp3) is 0.583. The SMILES string of the molecule is CCNc1cc(NCC2CCOC2)ccn1. The molecule has 0 radical (unpaired) electrons. The van der Waals surface area contributed by atoms with Crippen molar-refractivity contribution in [1.82, 2.24) is 4.98 Å². The van der Waals surface area contributed by atoms with Crippen LogP contribution in [0.3, 0.4) is 0 Å². The van der Waals surface area contributed by atoms with E-state index in [1.165, 1.54) is 0 Å². The van der Waals surface area contributed by atoms with E-state index in [0.29, 0.717) is 5.92 Å². The largest absolute Gasteiger partial charge is 0.385 e. The quantitative estimate of drug-likeness (QED) is 0.798. The Bertz CT molecular complexity index is 324. The van der Waals surface area contributed by atoms with E-state index in [0.717, 1.165) is 44.2 Å². The molecule has 1 fully saturated rings. The van der Waals surface area contributed by atoms with Crippen molar-refractivity contribution in [2.24, 2.45) is 5.92 Å². The number of hydrogen-bond acceptors (Lipinski definition) is 4. The van der Waals surface area contributed by atoms with Gasteiger partial charge in [0.1, 0.15) is 5.82 Å². The van der Waals surface area contributed by atoms with Crippen LogP contribution in [0.5, 0.6) is 0 Å². The van der Waals surface area contributed by atoms with Gasteiger partial charge in [0.25, 0.3) is 0 Å². The highest BCUT2D eigenvalue weighted by molar-refractivity contribution is 5.51. The van der Waals surface area contributed by atoms with Crippen molar-refractivity contribution in [3.05, 3.63) is 18.3 Å². The number of rotatable bonds is 5. The smallest absolute Gasteiger partial charge is 0.127 e. The third-order valence-electron chi connectivity index (χ3n) is 2.74. The van der Waals surface area contributed by atoms with Gasteiger partial charge in [-0.2, -0.15) is 0 Å². The van der Waals surface area contributed by atoms with Gasteiger partial charge in [0, 0.05) is 43.6 Å². The molecule has 4 nitrogen and oxygen atoms in total. The molecule has 1 aliphatic heterocycles. The Morgan fingerprint density at radius 3 is 3.19 bits per heavy atom. The molecule has 1 aromatic rings. The third-order valence-corrected chi connectivity index (χ3v) is 2.74. The number of ether oxygens (including phenoxy) is 1. The van der Waals surface area contributed by atoms with Crippen LogP contribution in [0.2, 0.25) is 0 Å². The van der Waals surface area contributed by atoms with E-state index in [-0.39, 0.29) is 0 Å². The maximum Gasteiger partial charge on any atom is 0.127 e. The van der Waals surface area contributed by atoms with Gasteiger partial charge in [-0.3, -0.25) is 0 Å². The van der Waals surface area contributed by atoms with Gasteiger partial charge in [0.15, 0.2) is 0 Å². The Hall–Kier alpha value is -1.29. The summed E-state index contributed by atoms with van der Waals surface area (Å²) in [5.41, 5.74) is 1.12. The Morgan fingerprint density at radius 1 is 1.50 bits per heavy atom. The predicted octanol–water partition coefficient (Wildman–Crippen LogP) is 1.96. The van der Waals surface area contributed by atoms with E-state index in [9.17, 15) is 0 Å². The minimum atomic E-state index is 0.649. The first kappa shape index (κ1) is 11.2. The van der Waals surface area contributed by atoms with Crippen LogP contribution in [-0.4, -0.2) is 31.3 Å². The Kier molecular flexibility index (Phi) is 3.99. The van der Waals surface area contributed by atoms with Crippen LogP contribution in [0, 0.1) is 5.92 Å². The zero-order valence-corrected chi connectivity index (χ0v) is 9.70. The summed E-state index contributed by atoms with van der Waals surface area (Å²) < 4.78 is 5.34. The lowest BCUT2D eigenvalue weighted by Crippen LogP contribution is -2.14. The minimum Gasteiger partial charge on any atom is -0.385 e. The molecule has 4 heteroatoms. The number of anilines is 2. The van der Waals surface area contributed by atoms with Gasteiger partial charge >= 0.3 is 0 Å². The molecule has 2 rings (SSSR count). The number of pyridine rings is 1. The lowest BCUT2D eigenvalue weighted by Gasteiger charge is -2.11. The summed E-state index contributed by atoms with van der Waals surface area (Å²) in [6, 6.07) is 4.04. The molecule has 0 spiro atoms. The fourth-order valence-corrected chi connectivity index (χ4v) is 1.82. The van der Waals surface area contributed by atoms with Crippen LogP contribution >= 0.6 is 0 Å². The number of nitrogens with one attached hydrogen (secondary N) is 2. The van der Waals surface area contributed by atoms with E-state index in [4.69, 9.17) is 4.74 Å². The number of aromatic nitrogens is 1. The maximum absolute atomic E-state index is 5.34. The van der Waals surface area contributed by atoms with Crippen LogP contribution in [0.1, 0.15) is 13.3 Å². The molecule has 1 unspecified atom stereocenters. The van der Waals surface area contributed by atoms with Gasteiger partial charge in [0.05, 0.1) is 6.61 Å². The average molecular weight is 221 g/mol. The number of nitrogens with zero attached hydrogens (tertiary/aromatic N) is 1. The van der Waals surface area contributed by atoms with Gasteiger partial charge < -0.3 is 15.4 Å². The zero-order valence-electron chi connectivity index (χ0n) is 9.70. The predicted molar refractivity (Wildman–Crippen MR) is 65.8 cm³/mol. The highest BCUT2D eigenvalue weighted by atomic mass is 16.5. The molecule has 0 aromatic carbocycles. The Labute approximate surface area is 96.4 Å². The summed E-state index contributed by atoms with van der Waals surface area (Å²) in [5, 5.41) is 6.63. The first-order valence-corrected chi connectivity index (χ1v) is 5.90. The standard InChI is InChI=1S/C12H19N3O/c1-2-13-12-7-11(3-5-14-12)15-8-10-4-6-16-9-10/h3,5,7,10H,2,4,6,8-9H2,1H3,(H2,13,14,15). The van der Waals surface area contributed by atoms with Crippen molar-refractivity contribution in [3.8, 4) is 0 Å². The molecular weight excluding hydrogens is 202 g/mol. The Balaban J connectivity index is 1.85. The van der Waals surface area contributed by atoms with E-state index in [1.54, 1.807) is 0 Å². The second kappa shape index (κ2) is 5.70. The van der Waals surface area contributed by atoms with Crippen LogP contribution in [0.25, 0.3) is 0 Å². The van der Waals surface area contributed by atoms with Crippen molar-refractivity contribution in [2.75, 3.05) is 36.9 Å². The van der Waals surface area contributed by atoms with Crippen molar-refractivity contribution in [2.45, 2.75) is 13.3 Å². The molecular formula is C12H19N3O. The van der Waals surface area contributed by atoms with Crippen LogP contribution in [-0.2, 0) is 4.74 Å². The van der Waals surface area contributed by atoms with Crippen molar-refractivity contribution in [1.29, 1.82) is 0 Å². The highest BCUT2D eigenvalue weighted by Gasteiger charge is 2.14. The molecule has 2 heterocycles. The summed E-state index contributed by atoms with van der Waals surface area (Å²) in [7, 11) is 0. The molecule has 0 bridgehead atoms. The summed E-state index contributed by atoms with van der Waals surface area (Å²) >= 11 is 0. The van der Waals surface area contributed by atoms with E-state index in [1.807, 2.05) is 18.3 Å². The van der Waals surface area contributed by atoms with Crippen LogP contribution in [0.4, 0.5) is 11.5 Å². The molecule has 88 valence electrons. The summed E-state index contributed by atoms with van der Waals surface area (Å²) in [6.07, 6.45) is 2.99. The Morgan fingerprint density at radius 2 is 2.44 bits per heavy atom. The molecule has 2 N–H and O–H groups in total. The second-order valence-corrected chi connectivity index (χ2v) is 4.07. The zero-order chi connectivity index (χ0) is 11.2. The average Bonchev–Trinajstić information content (AvgIpc) is 2.80. The van der Waals surface area contributed by atoms with Gasteiger partial charge in [-0.25, -0.2) is 4.98 Å². The summed E-state index contributed by atoms with van der Waals surface area (Å²) in [5.74, 6) is 1.57. The first-order valence-electron chi connectivity index (χ1n) is 5.90. The first-order chi connectivity index (χ1) is 7.88. The molecule has 0 saturated carbocycles. The molecule has 1 atom stereocenters. The molecule has 16 heavy (non-hydrogen) atoms. The monoisotopic (exact) mass is 221 g/mol. The van der Waals surface area contributed by atoms with E-state index in [2.05, 4.69) is 22.5 Å². The van der Waals surface area contributed by atoms with Crippen LogP contribution < -0.4 is 10.6 Å².